The van der Waals surface area contributed by atoms with Gasteiger partial charge in [-0.25, -0.2) is 4.39 Å². The lowest BCUT2D eigenvalue weighted by Gasteiger charge is -2.35. The van der Waals surface area contributed by atoms with Gasteiger partial charge in [0.05, 0.1) is 5.60 Å². The molecule has 0 aromatic heterocycles. The van der Waals surface area contributed by atoms with E-state index in [9.17, 15) is 9.50 Å². The Hall–Kier alpha value is -1.91. The second-order valence-corrected chi connectivity index (χ2v) is 8.14. The zero-order valence-corrected chi connectivity index (χ0v) is 16.1. The Labute approximate surface area is 161 Å². The van der Waals surface area contributed by atoms with Gasteiger partial charge in [0, 0.05) is 31.9 Å². The van der Waals surface area contributed by atoms with E-state index in [0.29, 0.717) is 6.42 Å². The van der Waals surface area contributed by atoms with Crippen LogP contribution in [0.25, 0.3) is 0 Å². The number of rotatable bonds is 4. The first kappa shape index (κ1) is 18.5. The fourth-order valence-corrected chi connectivity index (χ4v) is 4.61. The minimum atomic E-state index is -0.724. The lowest BCUT2D eigenvalue weighted by atomic mass is 9.86. The number of likely N-dealkylation sites (N-methyl/N-ethyl adjacent to an activating group) is 1. The van der Waals surface area contributed by atoms with Crippen molar-refractivity contribution >= 4 is 5.69 Å². The van der Waals surface area contributed by atoms with Gasteiger partial charge in [0.1, 0.15) is 5.82 Å². The van der Waals surface area contributed by atoms with Crippen molar-refractivity contribution in [2.75, 3.05) is 38.1 Å². The predicted octanol–water partition coefficient (Wildman–Crippen LogP) is 3.93. The number of piperazine rings is 1. The standard InChI is InChI=1S/C23H29FN2O/c1-25-12-14-26(15-13-25)22-9-8-20(24)17-19(22)16-18-6-2-3-7-21(18)23(27)10-4-5-11-23/h2-3,6-9,17,27H,4-5,10-16H2,1H3. The third-order valence-corrected chi connectivity index (χ3v) is 6.22. The Morgan fingerprint density at radius 3 is 2.41 bits per heavy atom. The Morgan fingerprint density at radius 2 is 1.67 bits per heavy atom. The highest BCUT2D eigenvalue weighted by atomic mass is 19.1. The SMILES string of the molecule is CN1CCN(c2ccc(F)cc2Cc2ccccc2C2(O)CCCC2)CC1. The second-order valence-electron chi connectivity index (χ2n) is 8.14. The van der Waals surface area contributed by atoms with Crippen LogP contribution in [0.5, 0.6) is 0 Å². The molecule has 1 saturated carbocycles. The van der Waals surface area contributed by atoms with E-state index in [-0.39, 0.29) is 5.82 Å². The van der Waals surface area contributed by atoms with E-state index >= 15 is 0 Å². The second kappa shape index (κ2) is 7.61. The van der Waals surface area contributed by atoms with Gasteiger partial charge in [-0.05, 0) is 61.2 Å². The zero-order chi connectivity index (χ0) is 18.9. The van der Waals surface area contributed by atoms with Crippen LogP contribution in [0.15, 0.2) is 42.5 Å². The summed E-state index contributed by atoms with van der Waals surface area (Å²) in [4.78, 5) is 4.69. The molecule has 2 fully saturated rings. The van der Waals surface area contributed by atoms with E-state index in [2.05, 4.69) is 29.0 Å². The van der Waals surface area contributed by atoms with Gasteiger partial charge >= 0.3 is 0 Å². The number of aliphatic hydroxyl groups is 1. The van der Waals surface area contributed by atoms with Crippen molar-refractivity contribution in [1.82, 2.24) is 4.90 Å². The summed E-state index contributed by atoms with van der Waals surface area (Å²) in [7, 11) is 2.14. The van der Waals surface area contributed by atoms with Crippen molar-refractivity contribution in [1.29, 1.82) is 0 Å². The summed E-state index contributed by atoms with van der Waals surface area (Å²) < 4.78 is 14.1. The van der Waals surface area contributed by atoms with Gasteiger partial charge < -0.3 is 14.9 Å². The Morgan fingerprint density at radius 1 is 0.963 bits per heavy atom. The van der Waals surface area contributed by atoms with Crippen molar-refractivity contribution in [3.63, 3.8) is 0 Å². The molecule has 1 N–H and O–H groups in total. The van der Waals surface area contributed by atoms with Crippen molar-refractivity contribution in [3.05, 3.63) is 65.0 Å². The number of hydrogen-bond acceptors (Lipinski definition) is 3. The summed E-state index contributed by atoms with van der Waals surface area (Å²) in [5, 5.41) is 11.1. The lowest BCUT2D eigenvalue weighted by molar-refractivity contribution is 0.0437. The molecular weight excluding hydrogens is 339 g/mol. The quantitative estimate of drug-likeness (QED) is 0.886. The Kier molecular flexibility index (Phi) is 5.20. The van der Waals surface area contributed by atoms with E-state index in [1.54, 1.807) is 12.1 Å². The van der Waals surface area contributed by atoms with E-state index in [4.69, 9.17) is 0 Å². The maximum absolute atomic E-state index is 14.1. The van der Waals surface area contributed by atoms with Crippen molar-refractivity contribution in [2.24, 2.45) is 0 Å². The summed E-state index contributed by atoms with van der Waals surface area (Å²) in [6, 6.07) is 13.3. The minimum Gasteiger partial charge on any atom is -0.385 e. The average Bonchev–Trinajstić information content (AvgIpc) is 3.11. The lowest BCUT2D eigenvalue weighted by Crippen LogP contribution is -2.44. The Bertz CT molecular complexity index is 793. The van der Waals surface area contributed by atoms with Gasteiger partial charge in [0.25, 0.3) is 0 Å². The molecule has 0 bridgehead atoms. The number of benzene rings is 2. The normalized spacial score (nSPS) is 20.2. The molecule has 2 aromatic rings. The molecule has 3 nitrogen and oxygen atoms in total. The van der Waals surface area contributed by atoms with E-state index in [0.717, 1.165) is 74.2 Å². The maximum Gasteiger partial charge on any atom is 0.123 e. The summed E-state index contributed by atoms with van der Waals surface area (Å²) in [6.45, 7) is 3.96. The molecule has 4 rings (SSSR count). The first-order valence-electron chi connectivity index (χ1n) is 10.1. The van der Waals surface area contributed by atoms with Crippen LogP contribution in [-0.2, 0) is 12.0 Å². The highest BCUT2D eigenvalue weighted by molar-refractivity contribution is 5.56. The highest BCUT2D eigenvalue weighted by Gasteiger charge is 2.34. The fraction of sp³-hybridized carbons (Fsp3) is 0.478. The third-order valence-electron chi connectivity index (χ3n) is 6.22. The fourth-order valence-electron chi connectivity index (χ4n) is 4.61. The number of anilines is 1. The molecule has 0 amide bonds. The zero-order valence-electron chi connectivity index (χ0n) is 16.1. The molecule has 1 aliphatic carbocycles. The molecule has 1 aliphatic heterocycles. The van der Waals surface area contributed by atoms with Crippen LogP contribution in [0.4, 0.5) is 10.1 Å². The van der Waals surface area contributed by atoms with Gasteiger partial charge in [0.2, 0.25) is 0 Å². The summed E-state index contributed by atoms with van der Waals surface area (Å²) in [6.07, 6.45) is 4.42. The molecule has 1 saturated heterocycles. The smallest absolute Gasteiger partial charge is 0.123 e. The van der Waals surface area contributed by atoms with Crippen molar-refractivity contribution in [2.45, 2.75) is 37.7 Å². The molecule has 2 aromatic carbocycles. The van der Waals surface area contributed by atoms with Crippen molar-refractivity contribution in [3.8, 4) is 0 Å². The average molecular weight is 368 g/mol. The highest BCUT2D eigenvalue weighted by Crippen LogP contribution is 2.41. The first-order valence-corrected chi connectivity index (χ1v) is 10.1. The van der Waals surface area contributed by atoms with Crippen LogP contribution in [0.2, 0.25) is 0 Å². The van der Waals surface area contributed by atoms with Crippen LogP contribution in [-0.4, -0.2) is 43.2 Å². The molecule has 27 heavy (non-hydrogen) atoms. The summed E-state index contributed by atoms with van der Waals surface area (Å²) in [5.74, 6) is -0.195. The summed E-state index contributed by atoms with van der Waals surface area (Å²) >= 11 is 0. The van der Waals surface area contributed by atoms with Crippen LogP contribution in [0.3, 0.4) is 0 Å². The monoisotopic (exact) mass is 368 g/mol. The van der Waals surface area contributed by atoms with Crippen molar-refractivity contribution < 1.29 is 9.50 Å². The topological polar surface area (TPSA) is 26.7 Å². The number of halogens is 1. The predicted molar refractivity (Wildman–Crippen MR) is 108 cm³/mol. The number of hydrogen-bond donors (Lipinski definition) is 1. The van der Waals surface area contributed by atoms with Gasteiger partial charge in [-0.2, -0.15) is 0 Å². The molecule has 0 atom stereocenters. The summed E-state index contributed by atoms with van der Waals surface area (Å²) in [5.41, 5.74) is 3.54. The third kappa shape index (κ3) is 3.87. The maximum atomic E-state index is 14.1. The first-order chi connectivity index (χ1) is 13.0. The molecular formula is C23H29FN2O. The van der Waals surface area contributed by atoms with Crippen LogP contribution >= 0.6 is 0 Å². The Balaban J connectivity index is 1.66. The molecule has 4 heteroatoms. The van der Waals surface area contributed by atoms with Crippen LogP contribution in [0.1, 0.15) is 42.4 Å². The van der Waals surface area contributed by atoms with Gasteiger partial charge in [-0.1, -0.05) is 37.1 Å². The molecule has 0 spiro atoms. The molecule has 0 unspecified atom stereocenters. The van der Waals surface area contributed by atoms with Crippen LogP contribution < -0.4 is 4.90 Å². The minimum absolute atomic E-state index is 0.195. The van der Waals surface area contributed by atoms with Gasteiger partial charge in [-0.3, -0.25) is 0 Å². The van der Waals surface area contributed by atoms with Crippen LogP contribution in [0, 0.1) is 5.82 Å². The van der Waals surface area contributed by atoms with E-state index in [1.807, 2.05) is 18.2 Å². The molecule has 1 heterocycles. The number of nitrogens with zero attached hydrogens (tertiary/aromatic N) is 2. The van der Waals surface area contributed by atoms with Gasteiger partial charge in [-0.15, -0.1) is 0 Å². The molecule has 0 radical (unpaired) electrons. The van der Waals surface area contributed by atoms with Gasteiger partial charge in [0.15, 0.2) is 0 Å². The largest absolute Gasteiger partial charge is 0.385 e. The molecule has 144 valence electrons. The van der Waals surface area contributed by atoms with E-state index in [1.165, 1.54) is 0 Å². The molecule has 2 aliphatic rings. The van der Waals surface area contributed by atoms with E-state index < -0.39 is 5.60 Å².